The summed E-state index contributed by atoms with van der Waals surface area (Å²) in [5, 5.41) is 128. The molecular weight excluding hydrogens is 1460 g/mol. The molecule has 2 fully saturated rings. The molecule has 7 aliphatic rings. The van der Waals surface area contributed by atoms with Gasteiger partial charge in [-0.15, -0.1) is 0 Å². The molecule has 4 unspecified atom stereocenters. The maximum Gasteiger partial charge on any atom is 0.330 e. The number of carboxylic acids is 1. The Morgan fingerprint density at radius 3 is 1.95 bits per heavy atom. The van der Waals surface area contributed by atoms with Crippen molar-refractivity contribution in [3.8, 4) is 57.1 Å². The van der Waals surface area contributed by atoms with Gasteiger partial charge in [-0.1, -0.05) is 114 Å². The first-order valence-electron chi connectivity index (χ1n) is 36.3. The predicted molar refractivity (Wildman–Crippen MR) is 390 cm³/mol. The third-order valence-corrected chi connectivity index (χ3v) is 21.4. The van der Waals surface area contributed by atoms with Gasteiger partial charge in [0.2, 0.25) is 41.6 Å². The van der Waals surface area contributed by atoms with E-state index in [1.54, 1.807) is 6.92 Å². The van der Waals surface area contributed by atoms with Gasteiger partial charge >= 0.3 is 5.97 Å². The third-order valence-electron chi connectivity index (χ3n) is 20.8. The molecule has 590 valence electrons. The van der Waals surface area contributed by atoms with Crippen LogP contribution in [0.15, 0.2) is 78.9 Å². The van der Waals surface area contributed by atoms with Crippen molar-refractivity contribution in [3.05, 3.63) is 117 Å². The Bertz CT molecular complexity index is 4220. The van der Waals surface area contributed by atoms with Gasteiger partial charge in [-0.2, -0.15) is 0 Å². The number of aliphatic hydroxyl groups is 6. The number of nitrogens with two attached hydrogens (primary N) is 1. The SMILES string of the molecule is CCCCCCCCC[C@]1(C)C[C@H](OC2C(O)[C@@H](O)C(CO)O[C@@H]2Oc2c3cc4cc2Oc2ccc(cc2Cl)[C@@H](O)[C@@H](NC(=O)[C@@H](CC(C)C)NC)C(=O)C[C@@H](CC(N)=O)C(=O)N[C@H]4C(=O)C[C@H]2C(=O)N[C@H](C(=O)N[C@H](C(=O)O)c4cc(O)cc(O)c4-c4cc2ccc4O)[C@H](O)c2ccc(c(Cl)c2)O3)OC(C)[C@@H]1O. The number of ether oxygens (including phenoxy) is 6. The fraction of sp³-hybridized carbons (Fsp3) is 0.506. The number of fused-ring (bicyclic) bond motifs is 15. The maximum atomic E-state index is 16.3. The summed E-state index contributed by atoms with van der Waals surface area (Å²) in [6.07, 6.45) is -11.8. The van der Waals surface area contributed by atoms with Crippen molar-refractivity contribution in [1.29, 1.82) is 0 Å². The van der Waals surface area contributed by atoms with Gasteiger partial charge in [0.05, 0.1) is 46.7 Å². The predicted octanol–water partition coefficient (Wildman–Crippen LogP) is 6.51. The molecule has 12 rings (SSSR count). The van der Waals surface area contributed by atoms with Gasteiger partial charge in [0.1, 0.15) is 77.4 Å². The highest BCUT2D eigenvalue weighted by atomic mass is 35.5. The van der Waals surface area contributed by atoms with Gasteiger partial charge in [-0.05, 0) is 110 Å². The number of nitrogens with one attached hydrogen (secondary N) is 5. The fourth-order valence-corrected chi connectivity index (χ4v) is 15.3. The lowest BCUT2D eigenvalue weighted by molar-refractivity contribution is -0.339. The van der Waals surface area contributed by atoms with E-state index in [9.17, 15) is 70.2 Å². The highest BCUT2D eigenvalue weighted by Crippen LogP contribution is 2.51. The van der Waals surface area contributed by atoms with E-state index >= 15 is 19.2 Å². The number of aromatic hydroxyl groups is 3. The van der Waals surface area contributed by atoms with Gasteiger partial charge in [-0.25, -0.2) is 4.79 Å². The van der Waals surface area contributed by atoms with Crippen molar-refractivity contribution in [2.24, 2.45) is 23.0 Å². The molecule has 0 saturated carbocycles. The molecule has 7 aliphatic heterocycles. The lowest BCUT2D eigenvalue weighted by atomic mass is 9.73. The summed E-state index contributed by atoms with van der Waals surface area (Å²) < 4.78 is 39.5. The van der Waals surface area contributed by atoms with E-state index in [1.807, 2.05) is 20.8 Å². The number of phenolic OH excluding ortho intramolecular Hbond substituents is 3. The van der Waals surface area contributed by atoms with Crippen molar-refractivity contribution in [3.63, 3.8) is 0 Å². The van der Waals surface area contributed by atoms with Crippen molar-refractivity contribution in [2.75, 3.05) is 13.7 Å². The molecule has 11 bridgehead atoms. The van der Waals surface area contributed by atoms with Crippen LogP contribution in [0, 0.1) is 17.3 Å². The average molecular weight is 1560 g/mol. The number of aliphatic carboxylic acids is 1. The lowest BCUT2D eigenvalue weighted by Gasteiger charge is -2.48. The zero-order valence-electron chi connectivity index (χ0n) is 60.8. The molecule has 30 nitrogen and oxygen atoms in total. The number of aliphatic hydroxyl groups excluding tert-OH is 6. The molecule has 0 radical (unpaired) electrons. The number of primary amides is 1. The smallest absolute Gasteiger partial charge is 0.330 e. The minimum Gasteiger partial charge on any atom is -0.508 e. The number of phenols is 3. The van der Waals surface area contributed by atoms with E-state index in [2.05, 4.69) is 33.5 Å². The van der Waals surface area contributed by atoms with Crippen LogP contribution in [0.4, 0.5) is 0 Å². The number of hydrogen-bond donors (Lipinski definition) is 16. The molecule has 0 aliphatic carbocycles. The highest BCUT2D eigenvalue weighted by molar-refractivity contribution is 6.32. The fourth-order valence-electron chi connectivity index (χ4n) is 14.8. The Hall–Kier alpha value is -8.76. The number of Topliss-reactive ketones (excluding diaryl/α,β-unsaturated/α-hetero) is 2. The monoisotopic (exact) mass is 1560 g/mol. The van der Waals surface area contributed by atoms with Crippen molar-refractivity contribution >= 4 is 70.3 Å². The molecule has 32 heteroatoms. The largest absolute Gasteiger partial charge is 0.508 e. The van der Waals surface area contributed by atoms with Crippen molar-refractivity contribution < 1.29 is 118 Å². The minimum atomic E-state index is -2.24. The summed E-state index contributed by atoms with van der Waals surface area (Å²) in [6, 6.07) is 4.89. The second kappa shape index (κ2) is 35.5. The first kappa shape index (κ1) is 82.7. The van der Waals surface area contributed by atoms with Crippen LogP contribution in [0.1, 0.15) is 176 Å². The van der Waals surface area contributed by atoms with E-state index in [0.717, 1.165) is 93.5 Å². The van der Waals surface area contributed by atoms with Gasteiger partial charge in [0.25, 0.3) is 0 Å². The highest BCUT2D eigenvalue weighted by Gasteiger charge is 2.52. The number of carboxylic acid groups (broad SMARTS) is 1. The summed E-state index contributed by atoms with van der Waals surface area (Å²) in [4.78, 5) is 118. The van der Waals surface area contributed by atoms with E-state index in [0.29, 0.717) is 6.42 Å². The van der Waals surface area contributed by atoms with Crippen LogP contribution >= 0.6 is 23.2 Å². The molecule has 109 heavy (non-hydrogen) atoms. The second-order valence-corrected chi connectivity index (χ2v) is 30.1. The molecular formula is C77H94Cl2N6O24. The Morgan fingerprint density at radius 1 is 0.716 bits per heavy atom. The second-order valence-electron chi connectivity index (χ2n) is 29.3. The van der Waals surface area contributed by atoms with Crippen LogP contribution in [0.2, 0.25) is 10.0 Å². The van der Waals surface area contributed by atoms with Crippen LogP contribution in [0.25, 0.3) is 11.1 Å². The number of amides is 5. The van der Waals surface area contributed by atoms with Gasteiger partial charge < -0.3 is 112 Å². The molecule has 18 atom stereocenters. The summed E-state index contributed by atoms with van der Waals surface area (Å²) in [5.74, 6) is -18.3. The average Bonchev–Trinajstić information content (AvgIpc) is 0.769. The standard InChI is InChI=1S/C77H94Cl2N6O24/c1-7-8-9-10-11-12-13-20-77(5)32-58(104-35(4)70(77)97)108-69-67(96)66(95)56(33-86)107-76(69)109-68-54-26-39-27-55(68)106-53-19-16-38(24-46(53)79)65(94)63-74(101)83-61(75(102)103)44-29-41(87)30-49(89)59(44)43-22-36(14-17-48(43)88)42(72(99)85-63)31-51(91)60(39)82-71(98)40(28-57(80)92)25-50(90)62(84-73(100)47(81-6)21-34(2)3)64(93)37-15-18-52(105-54)45(78)23-37/h14-19,22-24,26-27,29-30,34-35,40,42,47,56,58,60-67,69-70,76,81,86-89,93-97H,7-13,20-21,25,28,31-33H2,1-6H3,(H2,80,92)(H,82,98)(H,83,101)(H,84,100)(H,85,99)(H,102,103)/t35?,40-,42+,47+,56?,58-,60+,61-,62-,63-,64+,65+,66-,67?,69?,70-,76+,77+/m0/s1. The number of carbonyl (C=O) groups is 8. The number of hydrogen-bond acceptors (Lipinski definition) is 24. The summed E-state index contributed by atoms with van der Waals surface area (Å²) in [6.45, 7) is 8.42. The lowest BCUT2D eigenvalue weighted by Crippen LogP contribution is -2.62. The Morgan fingerprint density at radius 2 is 1.35 bits per heavy atom. The van der Waals surface area contributed by atoms with E-state index in [-0.39, 0.29) is 57.5 Å². The topological polar surface area (TPSA) is 480 Å². The number of halogens is 2. The van der Waals surface area contributed by atoms with E-state index < -0.39 is 238 Å². The zero-order chi connectivity index (χ0) is 79.2. The van der Waals surface area contributed by atoms with Crippen LogP contribution in [-0.2, 0) is 52.6 Å². The number of ketones is 2. The van der Waals surface area contributed by atoms with Crippen LogP contribution in [0.5, 0.6) is 46.0 Å². The summed E-state index contributed by atoms with van der Waals surface area (Å²) in [7, 11) is 1.50. The molecule has 7 heterocycles. The van der Waals surface area contributed by atoms with E-state index in [1.165, 1.54) is 37.4 Å². The van der Waals surface area contributed by atoms with Crippen molar-refractivity contribution in [2.45, 2.75) is 216 Å². The van der Waals surface area contributed by atoms with Gasteiger partial charge in [0, 0.05) is 53.9 Å². The van der Waals surface area contributed by atoms with E-state index in [4.69, 9.17) is 57.4 Å². The number of likely N-dealkylation sites (N-methyl/N-ethyl adjacent to an activating group) is 1. The minimum absolute atomic E-state index is 0.0402. The Balaban J connectivity index is 1.20. The normalized spacial score (nSPS) is 28.3. The van der Waals surface area contributed by atoms with Gasteiger partial charge in [0.15, 0.2) is 41.5 Å². The van der Waals surface area contributed by atoms with Crippen LogP contribution in [-0.4, -0.2) is 179 Å². The molecule has 17 N–H and O–H groups in total. The molecule has 5 amide bonds. The van der Waals surface area contributed by atoms with Crippen LogP contribution in [0.3, 0.4) is 0 Å². The van der Waals surface area contributed by atoms with Gasteiger partial charge in [-0.3, -0.25) is 33.6 Å². The summed E-state index contributed by atoms with van der Waals surface area (Å²) >= 11 is 14.3. The molecule has 0 spiro atoms. The quantitative estimate of drug-likeness (QED) is 0.0348. The molecule has 5 aromatic rings. The summed E-state index contributed by atoms with van der Waals surface area (Å²) in [5.41, 5.74) is 2.63. The first-order valence-corrected chi connectivity index (χ1v) is 37.1. The molecule has 2 saturated heterocycles. The number of rotatable bonds is 21. The Labute approximate surface area is 637 Å². The molecule has 5 aromatic carbocycles. The number of carbonyl (C=O) groups excluding carboxylic acids is 7. The van der Waals surface area contributed by atoms with Crippen LogP contribution < -0.4 is 46.5 Å². The molecule has 0 aromatic heterocycles. The number of benzene rings is 5. The third kappa shape index (κ3) is 18.8. The maximum absolute atomic E-state index is 16.3. The Kier molecular flexibility index (Phi) is 26.9. The number of unbranched alkanes of at least 4 members (excludes halogenated alkanes) is 6. The zero-order valence-corrected chi connectivity index (χ0v) is 62.3. The first-order chi connectivity index (χ1) is 51.7. The van der Waals surface area contributed by atoms with Crippen molar-refractivity contribution in [1.82, 2.24) is 26.6 Å².